The van der Waals surface area contributed by atoms with Gasteiger partial charge in [0.2, 0.25) is 21.8 Å². The number of cyclic esters (lactones) is 1. The first-order chi connectivity index (χ1) is 24.5. The number of carbonyl (C=O) groups excluding carboxylic acids is 5. The third kappa shape index (κ3) is 8.28. The van der Waals surface area contributed by atoms with E-state index in [-0.39, 0.29) is 31.9 Å². The molecular formula is C36H51N5O9S. The summed E-state index contributed by atoms with van der Waals surface area (Å²) in [4.78, 5) is 71.2. The van der Waals surface area contributed by atoms with Gasteiger partial charge in [0, 0.05) is 19.5 Å². The van der Waals surface area contributed by atoms with E-state index in [1.165, 1.54) is 10.5 Å². The van der Waals surface area contributed by atoms with Gasteiger partial charge in [0.25, 0.3) is 5.91 Å². The number of aryl methyl sites for hydroxylation is 1. The summed E-state index contributed by atoms with van der Waals surface area (Å²) >= 11 is 0. The van der Waals surface area contributed by atoms with Gasteiger partial charge in [-0.15, -0.1) is 0 Å². The molecule has 2 saturated carbocycles. The quantitative estimate of drug-likeness (QED) is 0.343. The Hall–Kier alpha value is -3.88. The highest BCUT2D eigenvalue weighted by Crippen LogP contribution is 2.47. The average molecular weight is 730 g/mol. The van der Waals surface area contributed by atoms with Crippen LogP contribution in [-0.2, 0) is 53.4 Å². The number of alkyl carbamates (subject to hydrolysis) is 1. The second-order valence-corrected chi connectivity index (χ2v) is 16.7. The normalized spacial score (nSPS) is 28.7. The molecule has 15 heteroatoms. The van der Waals surface area contributed by atoms with Crippen LogP contribution in [0.15, 0.2) is 18.2 Å². The molecule has 51 heavy (non-hydrogen) atoms. The van der Waals surface area contributed by atoms with E-state index in [4.69, 9.17) is 9.47 Å². The van der Waals surface area contributed by atoms with Gasteiger partial charge >= 0.3 is 12.2 Å². The molecular weight excluding hydrogens is 678 g/mol. The minimum atomic E-state index is -3.86. The summed E-state index contributed by atoms with van der Waals surface area (Å²) in [5.41, 5.74) is 1.93. The molecule has 0 unspecified atom stereocenters. The van der Waals surface area contributed by atoms with Crippen molar-refractivity contribution in [3.63, 3.8) is 0 Å². The highest BCUT2D eigenvalue weighted by atomic mass is 32.2. The summed E-state index contributed by atoms with van der Waals surface area (Å²) in [6.45, 7) is 4.73. The molecule has 4 bridgehead atoms. The van der Waals surface area contributed by atoms with Crippen LogP contribution in [0.3, 0.4) is 0 Å². The fourth-order valence-electron chi connectivity index (χ4n) is 7.73. The Morgan fingerprint density at radius 1 is 1.04 bits per heavy atom. The van der Waals surface area contributed by atoms with E-state index in [0.29, 0.717) is 51.6 Å². The Bertz CT molecular complexity index is 1630. The molecule has 0 spiro atoms. The van der Waals surface area contributed by atoms with E-state index < -0.39 is 68.9 Å². The third-order valence-corrected chi connectivity index (χ3v) is 12.8. The molecule has 1 aromatic carbocycles. The zero-order valence-corrected chi connectivity index (χ0v) is 30.4. The summed E-state index contributed by atoms with van der Waals surface area (Å²) in [5.74, 6) is -2.24. The molecule has 5 aliphatic rings. The largest absolute Gasteiger partial charge is 0.450 e. The maximum absolute atomic E-state index is 14.2. The number of fused-ring (bicyclic) bond motifs is 3. The zero-order valence-electron chi connectivity index (χ0n) is 29.6. The molecule has 3 fully saturated rings. The highest BCUT2D eigenvalue weighted by molar-refractivity contribution is 7.91. The molecule has 5 amide bonds. The fraction of sp³-hybridized carbons (Fsp3) is 0.694. The van der Waals surface area contributed by atoms with Gasteiger partial charge in [-0.1, -0.05) is 64.2 Å². The van der Waals surface area contributed by atoms with Crippen LogP contribution >= 0.6 is 0 Å². The van der Waals surface area contributed by atoms with Crippen molar-refractivity contribution in [2.75, 3.05) is 13.2 Å². The molecule has 0 aromatic heterocycles. The number of sulfonamides is 1. The van der Waals surface area contributed by atoms with E-state index in [2.05, 4.69) is 21.4 Å². The predicted octanol–water partition coefficient (Wildman–Crippen LogP) is 3.40. The number of amides is 5. The van der Waals surface area contributed by atoms with E-state index in [9.17, 15) is 32.4 Å². The summed E-state index contributed by atoms with van der Waals surface area (Å²) < 4.78 is 38.9. The van der Waals surface area contributed by atoms with Crippen LogP contribution in [0.1, 0.15) is 108 Å². The third-order valence-electron chi connectivity index (χ3n) is 11.0. The number of benzene rings is 1. The summed E-state index contributed by atoms with van der Waals surface area (Å²) in [6.07, 6.45) is 5.59. The predicted molar refractivity (Wildman–Crippen MR) is 185 cm³/mol. The number of unbranched alkanes of at least 4 members (excludes halogenated alkanes) is 1. The first-order valence-corrected chi connectivity index (χ1v) is 20.2. The molecule has 3 N–H and O–H groups in total. The van der Waals surface area contributed by atoms with Gasteiger partial charge in [-0.05, 0) is 67.6 Å². The van der Waals surface area contributed by atoms with Crippen LogP contribution in [0.25, 0.3) is 0 Å². The number of carbonyl (C=O) groups is 5. The van der Waals surface area contributed by atoms with Gasteiger partial charge in [-0.25, -0.2) is 18.0 Å². The molecule has 3 aliphatic heterocycles. The molecule has 280 valence electrons. The van der Waals surface area contributed by atoms with E-state index in [0.717, 1.165) is 43.2 Å². The summed E-state index contributed by atoms with van der Waals surface area (Å²) in [7, 11) is -3.86. The van der Waals surface area contributed by atoms with Crippen LogP contribution in [-0.4, -0.2) is 90.3 Å². The lowest BCUT2D eigenvalue weighted by atomic mass is 9.98. The Balaban J connectivity index is 1.24. The first kappa shape index (κ1) is 36.9. The fourth-order valence-corrected chi connectivity index (χ4v) is 9.09. The van der Waals surface area contributed by atoms with Crippen LogP contribution in [0.4, 0.5) is 9.59 Å². The van der Waals surface area contributed by atoms with Crippen molar-refractivity contribution in [2.45, 2.75) is 139 Å². The minimum absolute atomic E-state index is 0.0326. The summed E-state index contributed by atoms with van der Waals surface area (Å²) in [5, 5.41) is 4.91. The van der Waals surface area contributed by atoms with E-state index in [1.54, 1.807) is 4.90 Å². The lowest BCUT2D eigenvalue weighted by molar-refractivity contribution is -0.141. The van der Waals surface area contributed by atoms with Crippen molar-refractivity contribution in [2.24, 2.45) is 5.92 Å². The van der Waals surface area contributed by atoms with Crippen LogP contribution < -0.4 is 15.4 Å². The average Bonchev–Trinajstić information content (AvgIpc) is 3.99. The van der Waals surface area contributed by atoms with Gasteiger partial charge in [0.05, 0.1) is 18.4 Å². The van der Waals surface area contributed by atoms with E-state index in [1.807, 2.05) is 26.0 Å². The van der Waals surface area contributed by atoms with Crippen molar-refractivity contribution in [3.05, 3.63) is 34.9 Å². The van der Waals surface area contributed by atoms with Crippen LogP contribution in [0, 0.1) is 5.92 Å². The van der Waals surface area contributed by atoms with Gasteiger partial charge in [0.1, 0.15) is 23.7 Å². The van der Waals surface area contributed by atoms with Gasteiger partial charge < -0.3 is 25.0 Å². The van der Waals surface area contributed by atoms with Crippen molar-refractivity contribution in [1.29, 1.82) is 0 Å². The first-order valence-electron chi connectivity index (χ1n) is 18.6. The second-order valence-electron chi connectivity index (χ2n) is 14.7. The maximum Gasteiger partial charge on any atom is 0.410 e. The van der Waals surface area contributed by atoms with Crippen molar-refractivity contribution in [3.8, 4) is 0 Å². The highest BCUT2D eigenvalue weighted by Gasteiger charge is 2.62. The smallest absolute Gasteiger partial charge is 0.410 e. The van der Waals surface area contributed by atoms with Gasteiger partial charge in [0.15, 0.2) is 0 Å². The number of hydrogen-bond acceptors (Lipinski definition) is 9. The Kier molecular flexibility index (Phi) is 11.1. The van der Waals surface area contributed by atoms with Crippen LogP contribution in [0.5, 0.6) is 0 Å². The monoisotopic (exact) mass is 729 g/mol. The van der Waals surface area contributed by atoms with Gasteiger partial charge in [-0.3, -0.25) is 24.0 Å². The summed E-state index contributed by atoms with van der Waals surface area (Å²) in [6, 6.07) is 3.96. The number of nitrogens with zero attached hydrogens (tertiary/aromatic N) is 2. The standard InChI is InChI=1S/C36H51N5O9S/c1-3-5-14-29-32(43)41-21-26(18-30(41)31(42)38-36(19-25(36)4-2)33(44)39-51(47,48)27-15-16-27)50-35(46)40-20-24-13-10-12-23(28(24)22-40)11-8-6-7-9-17-49-34(45)37-29/h10,12-13,25-27,29-30H,3-9,11,14-22H2,1-2H3,(H,37,45)(H,38,42)(H,39,44)/t25-,26+,29-,30-,36+/m0/s1. The second kappa shape index (κ2) is 15.4. The molecule has 14 nitrogen and oxygen atoms in total. The molecule has 2 aliphatic carbocycles. The lowest BCUT2D eigenvalue weighted by Crippen LogP contribution is -2.58. The minimum Gasteiger partial charge on any atom is -0.450 e. The molecule has 3 heterocycles. The number of hydrogen-bond donors (Lipinski definition) is 3. The van der Waals surface area contributed by atoms with Crippen molar-refractivity contribution in [1.82, 2.24) is 25.2 Å². The molecule has 1 aromatic rings. The van der Waals surface area contributed by atoms with Gasteiger partial charge in [-0.2, -0.15) is 0 Å². The zero-order chi connectivity index (χ0) is 36.3. The van der Waals surface area contributed by atoms with Crippen LogP contribution in [0.2, 0.25) is 0 Å². The topological polar surface area (TPSA) is 181 Å². The van der Waals surface area contributed by atoms with E-state index >= 15 is 0 Å². The number of rotatable bonds is 9. The molecule has 0 radical (unpaired) electrons. The maximum atomic E-state index is 14.2. The Morgan fingerprint density at radius 3 is 2.53 bits per heavy atom. The lowest BCUT2D eigenvalue weighted by Gasteiger charge is -2.29. The SMILES string of the molecule is CCCC[C@@H]1NC(=O)OCCCCCCc2cccc3c2CN(C3)C(=O)O[C@@H]2C[C@@H](C(=O)N[C@]3(C(=O)NS(=O)(=O)C4CC4)C[C@@H]3CC)N(C2)C1=O. The molecule has 6 rings (SSSR count). The number of ether oxygens (including phenoxy) is 2. The molecule has 5 atom stereocenters. The van der Waals surface area contributed by atoms with Crippen molar-refractivity contribution < 1.29 is 41.9 Å². The molecule has 1 saturated heterocycles. The number of nitrogens with one attached hydrogen (secondary N) is 3. The Labute approximate surface area is 299 Å². The van der Waals surface area contributed by atoms with Crippen molar-refractivity contribution >= 4 is 39.9 Å². The Morgan fingerprint density at radius 2 is 1.80 bits per heavy atom.